The molecular formula is C15H16N2O. The fraction of sp³-hybridized carbons (Fsp3) is 0.267. The molecule has 0 N–H and O–H groups in total. The molecule has 1 aromatic carbocycles. The van der Waals surface area contributed by atoms with Crippen LogP contribution < -0.4 is 0 Å². The first-order valence-electron chi connectivity index (χ1n) is 6.25. The molecule has 0 bridgehead atoms. The number of hydrogen-bond donors (Lipinski definition) is 0. The van der Waals surface area contributed by atoms with Crippen LogP contribution in [0.5, 0.6) is 0 Å². The van der Waals surface area contributed by atoms with Crippen LogP contribution in [0, 0.1) is 5.92 Å². The van der Waals surface area contributed by atoms with Crippen LogP contribution in [-0.2, 0) is 6.54 Å². The molecule has 3 nitrogen and oxygen atoms in total. The van der Waals surface area contributed by atoms with Crippen molar-refractivity contribution in [1.82, 2.24) is 9.55 Å². The van der Waals surface area contributed by atoms with E-state index in [2.05, 4.69) is 29.5 Å². The number of furan rings is 1. The molecule has 92 valence electrons. The highest BCUT2D eigenvalue weighted by atomic mass is 16.3. The molecule has 0 aliphatic heterocycles. The Bertz CT molecular complexity index is 650. The number of benzene rings is 1. The van der Waals surface area contributed by atoms with Crippen LogP contribution >= 0.6 is 0 Å². The van der Waals surface area contributed by atoms with Gasteiger partial charge in [0.1, 0.15) is 0 Å². The zero-order valence-corrected chi connectivity index (χ0v) is 10.6. The normalized spacial score (nSPS) is 11.5. The molecule has 18 heavy (non-hydrogen) atoms. The van der Waals surface area contributed by atoms with E-state index in [-0.39, 0.29) is 0 Å². The van der Waals surface area contributed by atoms with Gasteiger partial charge in [0.25, 0.3) is 0 Å². The molecule has 0 saturated heterocycles. The molecule has 0 aliphatic carbocycles. The van der Waals surface area contributed by atoms with E-state index in [1.807, 2.05) is 30.3 Å². The second kappa shape index (κ2) is 4.33. The van der Waals surface area contributed by atoms with Crippen molar-refractivity contribution in [2.75, 3.05) is 0 Å². The molecule has 0 fully saturated rings. The predicted octanol–water partition coefficient (Wildman–Crippen LogP) is 3.95. The molecule has 0 spiro atoms. The molecule has 0 atom stereocenters. The summed E-state index contributed by atoms with van der Waals surface area (Å²) in [6.45, 7) is 5.36. The lowest BCUT2D eigenvalue weighted by molar-refractivity contribution is 0.522. The summed E-state index contributed by atoms with van der Waals surface area (Å²) in [6, 6.07) is 12.1. The summed E-state index contributed by atoms with van der Waals surface area (Å²) in [7, 11) is 0. The number of rotatable bonds is 3. The quantitative estimate of drug-likeness (QED) is 0.694. The standard InChI is InChI=1S/C15H16N2O/c1-11(2)10-17-13-7-4-3-6-12(13)16-15(17)14-8-5-9-18-14/h3-9,11H,10H2,1-2H3. The van der Waals surface area contributed by atoms with Crippen LogP contribution in [-0.4, -0.2) is 9.55 Å². The van der Waals surface area contributed by atoms with Crippen molar-refractivity contribution in [3.8, 4) is 11.6 Å². The van der Waals surface area contributed by atoms with Gasteiger partial charge in [-0.25, -0.2) is 4.98 Å². The molecule has 0 aliphatic rings. The Balaban J connectivity index is 2.23. The van der Waals surface area contributed by atoms with E-state index in [0.29, 0.717) is 5.92 Å². The molecule has 0 saturated carbocycles. The lowest BCUT2D eigenvalue weighted by Crippen LogP contribution is -2.05. The fourth-order valence-corrected chi connectivity index (χ4v) is 2.22. The molecule has 0 amide bonds. The monoisotopic (exact) mass is 240 g/mol. The summed E-state index contributed by atoms with van der Waals surface area (Å²) in [5, 5.41) is 0. The van der Waals surface area contributed by atoms with Crippen LogP contribution in [0.4, 0.5) is 0 Å². The Labute approximate surface area is 106 Å². The summed E-state index contributed by atoms with van der Waals surface area (Å²) >= 11 is 0. The van der Waals surface area contributed by atoms with Gasteiger partial charge in [0.2, 0.25) is 0 Å². The van der Waals surface area contributed by atoms with E-state index in [0.717, 1.165) is 29.2 Å². The molecule has 2 aromatic heterocycles. The summed E-state index contributed by atoms with van der Waals surface area (Å²) in [5.41, 5.74) is 2.18. The number of hydrogen-bond acceptors (Lipinski definition) is 2. The van der Waals surface area contributed by atoms with Crippen LogP contribution in [0.1, 0.15) is 13.8 Å². The third-order valence-electron chi connectivity index (χ3n) is 2.94. The second-order valence-electron chi connectivity index (χ2n) is 4.91. The van der Waals surface area contributed by atoms with Crippen molar-refractivity contribution >= 4 is 11.0 Å². The maximum absolute atomic E-state index is 5.49. The smallest absolute Gasteiger partial charge is 0.177 e. The van der Waals surface area contributed by atoms with Crippen molar-refractivity contribution in [2.24, 2.45) is 5.92 Å². The van der Waals surface area contributed by atoms with E-state index >= 15 is 0 Å². The van der Waals surface area contributed by atoms with E-state index < -0.39 is 0 Å². The number of nitrogens with zero attached hydrogens (tertiary/aromatic N) is 2. The van der Waals surface area contributed by atoms with Crippen LogP contribution in [0.25, 0.3) is 22.6 Å². The lowest BCUT2D eigenvalue weighted by atomic mass is 10.2. The van der Waals surface area contributed by atoms with Crippen molar-refractivity contribution in [2.45, 2.75) is 20.4 Å². The molecule has 0 unspecified atom stereocenters. The number of fused-ring (bicyclic) bond motifs is 1. The van der Waals surface area contributed by atoms with Gasteiger partial charge in [-0.2, -0.15) is 0 Å². The molecule has 2 heterocycles. The Morgan fingerprint density at radius 1 is 1.17 bits per heavy atom. The number of para-hydroxylation sites is 2. The summed E-state index contributed by atoms with van der Waals surface area (Å²) in [5.74, 6) is 2.30. The highest BCUT2D eigenvalue weighted by molar-refractivity contribution is 5.79. The first-order chi connectivity index (χ1) is 8.75. The van der Waals surface area contributed by atoms with Gasteiger partial charge < -0.3 is 8.98 Å². The van der Waals surface area contributed by atoms with E-state index in [4.69, 9.17) is 4.42 Å². The number of aromatic nitrogens is 2. The Hall–Kier alpha value is -2.03. The van der Waals surface area contributed by atoms with Crippen molar-refractivity contribution in [1.29, 1.82) is 0 Å². The van der Waals surface area contributed by atoms with Crippen molar-refractivity contribution < 1.29 is 4.42 Å². The summed E-state index contributed by atoms with van der Waals surface area (Å²) in [4.78, 5) is 4.68. The SMILES string of the molecule is CC(C)Cn1c(-c2ccco2)nc2ccccc21. The van der Waals surface area contributed by atoms with Crippen molar-refractivity contribution in [3.63, 3.8) is 0 Å². The van der Waals surface area contributed by atoms with E-state index in [1.54, 1.807) is 6.26 Å². The van der Waals surface area contributed by atoms with Gasteiger partial charge in [-0.15, -0.1) is 0 Å². The highest BCUT2D eigenvalue weighted by Gasteiger charge is 2.14. The predicted molar refractivity (Wildman–Crippen MR) is 72.3 cm³/mol. The molecule has 3 rings (SSSR count). The molecular weight excluding hydrogens is 224 g/mol. The second-order valence-corrected chi connectivity index (χ2v) is 4.91. The van der Waals surface area contributed by atoms with Gasteiger partial charge in [0, 0.05) is 6.54 Å². The minimum absolute atomic E-state index is 0.566. The molecule has 3 aromatic rings. The average Bonchev–Trinajstić information content (AvgIpc) is 2.96. The van der Waals surface area contributed by atoms with E-state index in [9.17, 15) is 0 Å². The van der Waals surface area contributed by atoms with Crippen LogP contribution in [0.15, 0.2) is 47.1 Å². The Morgan fingerprint density at radius 2 is 2.00 bits per heavy atom. The highest BCUT2D eigenvalue weighted by Crippen LogP contribution is 2.25. The molecule has 3 heteroatoms. The van der Waals surface area contributed by atoms with Gasteiger partial charge in [0.05, 0.1) is 17.3 Å². The zero-order chi connectivity index (χ0) is 12.5. The average molecular weight is 240 g/mol. The zero-order valence-electron chi connectivity index (χ0n) is 10.6. The summed E-state index contributed by atoms with van der Waals surface area (Å²) < 4.78 is 7.72. The first-order valence-corrected chi connectivity index (χ1v) is 6.25. The topological polar surface area (TPSA) is 31.0 Å². The Kier molecular flexibility index (Phi) is 2.67. The van der Waals surface area contributed by atoms with Gasteiger partial charge in [0.15, 0.2) is 11.6 Å². The van der Waals surface area contributed by atoms with Crippen molar-refractivity contribution in [3.05, 3.63) is 42.7 Å². The fourth-order valence-electron chi connectivity index (χ4n) is 2.22. The minimum Gasteiger partial charge on any atom is -0.461 e. The van der Waals surface area contributed by atoms with Crippen LogP contribution in [0.3, 0.4) is 0 Å². The van der Waals surface area contributed by atoms with E-state index in [1.165, 1.54) is 0 Å². The largest absolute Gasteiger partial charge is 0.461 e. The third-order valence-corrected chi connectivity index (χ3v) is 2.94. The minimum atomic E-state index is 0.566. The Morgan fingerprint density at radius 3 is 2.72 bits per heavy atom. The molecule has 0 radical (unpaired) electrons. The van der Waals surface area contributed by atoms with Crippen LogP contribution in [0.2, 0.25) is 0 Å². The third kappa shape index (κ3) is 1.82. The van der Waals surface area contributed by atoms with Gasteiger partial charge in [-0.05, 0) is 30.2 Å². The maximum atomic E-state index is 5.49. The lowest BCUT2D eigenvalue weighted by Gasteiger charge is -2.10. The van der Waals surface area contributed by atoms with Gasteiger partial charge >= 0.3 is 0 Å². The number of imidazole rings is 1. The maximum Gasteiger partial charge on any atom is 0.177 e. The van der Waals surface area contributed by atoms with Gasteiger partial charge in [-0.1, -0.05) is 26.0 Å². The summed E-state index contributed by atoms with van der Waals surface area (Å²) in [6.07, 6.45) is 1.69. The first kappa shape index (κ1) is 11.1. The van der Waals surface area contributed by atoms with Gasteiger partial charge in [-0.3, -0.25) is 0 Å².